The van der Waals surface area contributed by atoms with Gasteiger partial charge >= 0.3 is 5.97 Å². The molecule has 2 heteroatoms. The zero-order valence-electron chi connectivity index (χ0n) is 13.2. The number of benzene rings is 1. The molecule has 0 spiro atoms. The molecule has 0 aromatic heterocycles. The zero-order valence-corrected chi connectivity index (χ0v) is 13.2. The standard InChI is InChI=1S/C18H26O2/c1-5-17(3,4)16(19)20-18(6-2)12-11-14-9-7-8-10-15(14)13-18/h7-10H,5-6,11-13H2,1-4H3. The monoisotopic (exact) mass is 274 g/mol. The van der Waals surface area contributed by atoms with Crippen LogP contribution in [0.3, 0.4) is 0 Å². The van der Waals surface area contributed by atoms with Crippen molar-refractivity contribution in [2.45, 2.75) is 65.4 Å². The highest BCUT2D eigenvalue weighted by Crippen LogP contribution is 2.36. The highest BCUT2D eigenvalue weighted by Gasteiger charge is 2.39. The van der Waals surface area contributed by atoms with Crippen LogP contribution in [0.15, 0.2) is 24.3 Å². The molecule has 1 atom stereocenters. The van der Waals surface area contributed by atoms with Crippen molar-refractivity contribution in [3.8, 4) is 0 Å². The summed E-state index contributed by atoms with van der Waals surface area (Å²) in [6, 6.07) is 8.51. The second-order valence-electron chi connectivity index (χ2n) is 6.61. The molecule has 0 N–H and O–H groups in total. The number of ether oxygens (including phenoxy) is 1. The zero-order chi connectivity index (χ0) is 14.8. The number of carbonyl (C=O) groups is 1. The number of rotatable bonds is 4. The minimum Gasteiger partial charge on any atom is -0.458 e. The van der Waals surface area contributed by atoms with Crippen molar-refractivity contribution in [1.82, 2.24) is 0 Å². The van der Waals surface area contributed by atoms with E-state index in [1.54, 1.807) is 0 Å². The molecule has 1 aliphatic rings. The van der Waals surface area contributed by atoms with E-state index in [1.165, 1.54) is 11.1 Å². The minimum atomic E-state index is -0.390. The molecule has 0 saturated carbocycles. The molecular formula is C18H26O2. The number of fused-ring (bicyclic) bond motifs is 1. The molecule has 1 unspecified atom stereocenters. The van der Waals surface area contributed by atoms with Crippen molar-refractivity contribution in [3.63, 3.8) is 0 Å². The molecule has 0 fully saturated rings. The fourth-order valence-electron chi connectivity index (χ4n) is 2.71. The summed E-state index contributed by atoms with van der Waals surface area (Å²) in [6.07, 6.45) is 4.48. The molecule has 2 nitrogen and oxygen atoms in total. The lowest BCUT2D eigenvalue weighted by Crippen LogP contribution is -2.43. The lowest BCUT2D eigenvalue weighted by molar-refractivity contribution is -0.172. The van der Waals surface area contributed by atoms with E-state index in [1.807, 2.05) is 20.8 Å². The molecule has 0 radical (unpaired) electrons. The lowest BCUT2D eigenvalue weighted by atomic mass is 9.78. The van der Waals surface area contributed by atoms with Gasteiger partial charge in [0.15, 0.2) is 0 Å². The summed E-state index contributed by atoms with van der Waals surface area (Å²) in [6.45, 7) is 8.10. The Hall–Kier alpha value is -1.31. The number of aryl methyl sites for hydroxylation is 1. The molecule has 0 bridgehead atoms. The summed E-state index contributed by atoms with van der Waals surface area (Å²) in [4.78, 5) is 12.4. The predicted molar refractivity (Wildman–Crippen MR) is 81.7 cm³/mol. The SMILES string of the molecule is CCC1(OC(=O)C(C)(C)CC)CCc2ccccc2C1. The Labute approximate surface area is 122 Å². The van der Waals surface area contributed by atoms with Crippen LogP contribution in [0.4, 0.5) is 0 Å². The maximum atomic E-state index is 12.4. The third-order valence-corrected chi connectivity index (χ3v) is 4.87. The molecule has 0 aliphatic heterocycles. The highest BCUT2D eigenvalue weighted by atomic mass is 16.6. The average Bonchev–Trinajstić information content (AvgIpc) is 2.47. The summed E-state index contributed by atoms with van der Waals surface area (Å²) in [5, 5.41) is 0. The Balaban J connectivity index is 2.19. The first-order chi connectivity index (χ1) is 9.42. The van der Waals surface area contributed by atoms with E-state index in [2.05, 4.69) is 31.2 Å². The van der Waals surface area contributed by atoms with Crippen molar-refractivity contribution in [3.05, 3.63) is 35.4 Å². The molecule has 1 aromatic rings. The fourth-order valence-corrected chi connectivity index (χ4v) is 2.71. The largest absolute Gasteiger partial charge is 0.458 e. The quantitative estimate of drug-likeness (QED) is 0.765. The van der Waals surface area contributed by atoms with Gasteiger partial charge in [-0.25, -0.2) is 0 Å². The van der Waals surface area contributed by atoms with Gasteiger partial charge < -0.3 is 4.74 Å². The first-order valence-corrected chi connectivity index (χ1v) is 7.73. The van der Waals surface area contributed by atoms with Crippen molar-refractivity contribution >= 4 is 5.97 Å². The molecule has 1 aromatic carbocycles. The maximum Gasteiger partial charge on any atom is 0.312 e. The molecule has 0 amide bonds. The number of esters is 1. The smallest absolute Gasteiger partial charge is 0.312 e. The number of carbonyl (C=O) groups excluding carboxylic acids is 1. The van der Waals surface area contributed by atoms with Crippen LogP contribution in [0.2, 0.25) is 0 Å². The fraction of sp³-hybridized carbons (Fsp3) is 0.611. The summed E-state index contributed by atoms with van der Waals surface area (Å²) >= 11 is 0. The van der Waals surface area contributed by atoms with Crippen LogP contribution in [0, 0.1) is 5.41 Å². The number of hydrogen-bond acceptors (Lipinski definition) is 2. The Morgan fingerprint density at radius 3 is 2.50 bits per heavy atom. The summed E-state index contributed by atoms with van der Waals surface area (Å²) in [7, 11) is 0. The van der Waals surface area contributed by atoms with Crippen LogP contribution in [-0.4, -0.2) is 11.6 Å². The van der Waals surface area contributed by atoms with Crippen LogP contribution in [-0.2, 0) is 22.4 Å². The van der Waals surface area contributed by atoms with Gasteiger partial charge in [0.25, 0.3) is 0 Å². The first kappa shape index (κ1) is 15.1. The second-order valence-corrected chi connectivity index (χ2v) is 6.61. The van der Waals surface area contributed by atoms with E-state index in [0.29, 0.717) is 0 Å². The average molecular weight is 274 g/mol. The second kappa shape index (κ2) is 5.59. The normalized spacial score (nSPS) is 22.2. The van der Waals surface area contributed by atoms with E-state index < -0.39 is 0 Å². The molecule has 1 aliphatic carbocycles. The molecule has 0 heterocycles. The van der Waals surface area contributed by atoms with E-state index in [0.717, 1.165) is 32.1 Å². The van der Waals surface area contributed by atoms with Gasteiger partial charge in [-0.05, 0) is 50.7 Å². The van der Waals surface area contributed by atoms with Gasteiger partial charge in [0.05, 0.1) is 5.41 Å². The maximum absolute atomic E-state index is 12.4. The van der Waals surface area contributed by atoms with Crippen molar-refractivity contribution < 1.29 is 9.53 Å². The molecular weight excluding hydrogens is 248 g/mol. The first-order valence-electron chi connectivity index (χ1n) is 7.73. The highest BCUT2D eigenvalue weighted by molar-refractivity contribution is 5.76. The van der Waals surface area contributed by atoms with Gasteiger partial charge in [0, 0.05) is 6.42 Å². The molecule has 20 heavy (non-hydrogen) atoms. The summed E-state index contributed by atoms with van der Waals surface area (Å²) in [5.41, 5.74) is 2.04. The van der Waals surface area contributed by atoms with Gasteiger partial charge in [-0.1, -0.05) is 38.1 Å². The van der Waals surface area contributed by atoms with E-state index >= 15 is 0 Å². The van der Waals surface area contributed by atoms with E-state index in [-0.39, 0.29) is 17.0 Å². The van der Waals surface area contributed by atoms with Gasteiger partial charge in [-0.15, -0.1) is 0 Å². The molecule has 110 valence electrons. The third-order valence-electron chi connectivity index (χ3n) is 4.87. The summed E-state index contributed by atoms with van der Waals surface area (Å²) < 4.78 is 6.00. The van der Waals surface area contributed by atoms with Gasteiger partial charge in [0.1, 0.15) is 5.60 Å². The lowest BCUT2D eigenvalue weighted by Gasteiger charge is -2.39. The Morgan fingerprint density at radius 2 is 1.90 bits per heavy atom. The van der Waals surface area contributed by atoms with Gasteiger partial charge in [0.2, 0.25) is 0 Å². The van der Waals surface area contributed by atoms with Crippen LogP contribution in [0.25, 0.3) is 0 Å². The minimum absolute atomic E-state index is 0.0544. The Morgan fingerprint density at radius 1 is 1.25 bits per heavy atom. The molecule has 2 rings (SSSR count). The van der Waals surface area contributed by atoms with Crippen LogP contribution in [0.5, 0.6) is 0 Å². The van der Waals surface area contributed by atoms with Gasteiger partial charge in [-0.3, -0.25) is 4.79 Å². The van der Waals surface area contributed by atoms with Gasteiger partial charge in [-0.2, -0.15) is 0 Å². The van der Waals surface area contributed by atoms with Crippen LogP contribution >= 0.6 is 0 Å². The van der Waals surface area contributed by atoms with Crippen LogP contribution in [0.1, 0.15) is 58.1 Å². The van der Waals surface area contributed by atoms with E-state index in [9.17, 15) is 4.79 Å². The topological polar surface area (TPSA) is 26.3 Å². The van der Waals surface area contributed by atoms with E-state index in [4.69, 9.17) is 4.74 Å². The predicted octanol–water partition coefficient (Wildman–Crippen LogP) is 4.30. The van der Waals surface area contributed by atoms with Crippen molar-refractivity contribution in [1.29, 1.82) is 0 Å². The Kier molecular flexibility index (Phi) is 4.22. The Bertz CT molecular complexity index is 490. The third kappa shape index (κ3) is 2.89. The molecule has 0 saturated heterocycles. The number of hydrogen-bond donors (Lipinski definition) is 0. The van der Waals surface area contributed by atoms with Crippen molar-refractivity contribution in [2.24, 2.45) is 5.41 Å². The van der Waals surface area contributed by atoms with Crippen molar-refractivity contribution in [2.75, 3.05) is 0 Å². The van der Waals surface area contributed by atoms with Crippen LogP contribution < -0.4 is 0 Å². The summed E-state index contributed by atoms with van der Waals surface area (Å²) in [5.74, 6) is -0.0544.